The molecule has 0 aromatic heterocycles. The second-order valence-electron chi connectivity index (χ2n) is 6.73. The molecule has 1 aliphatic heterocycles. The molecule has 0 aliphatic carbocycles. The fraction of sp³-hybridized carbons (Fsp3) is 0.381. The molecule has 1 saturated heterocycles. The van der Waals surface area contributed by atoms with E-state index in [-0.39, 0.29) is 18.4 Å². The molecule has 1 heterocycles. The number of halogens is 1. The van der Waals surface area contributed by atoms with Crippen LogP contribution in [0.15, 0.2) is 54.6 Å². The lowest BCUT2D eigenvalue weighted by molar-refractivity contribution is -0.133. The second kappa shape index (κ2) is 8.50. The zero-order chi connectivity index (χ0) is 17.6. The molecule has 1 fully saturated rings. The highest BCUT2D eigenvalue weighted by atomic mass is 35.5. The van der Waals surface area contributed by atoms with Crippen molar-refractivity contribution < 1.29 is 9.90 Å². The summed E-state index contributed by atoms with van der Waals surface area (Å²) < 4.78 is 0. The van der Waals surface area contributed by atoms with Crippen LogP contribution in [0.3, 0.4) is 0 Å². The Bertz CT molecular complexity index is 679. The molecule has 2 aromatic carbocycles. The summed E-state index contributed by atoms with van der Waals surface area (Å²) in [4.78, 5) is 14.8. The maximum absolute atomic E-state index is 12.9. The average molecular weight is 358 g/mol. The van der Waals surface area contributed by atoms with Gasteiger partial charge in [-0.1, -0.05) is 54.1 Å². The van der Waals surface area contributed by atoms with Gasteiger partial charge in [-0.25, -0.2) is 0 Å². The van der Waals surface area contributed by atoms with Gasteiger partial charge >= 0.3 is 0 Å². The monoisotopic (exact) mass is 357 g/mol. The van der Waals surface area contributed by atoms with Crippen molar-refractivity contribution in [2.75, 3.05) is 19.7 Å². The van der Waals surface area contributed by atoms with Crippen molar-refractivity contribution >= 4 is 17.5 Å². The van der Waals surface area contributed by atoms with Gasteiger partial charge in [0, 0.05) is 37.1 Å². The van der Waals surface area contributed by atoms with E-state index in [1.54, 1.807) is 0 Å². The third-order valence-electron chi connectivity index (χ3n) is 5.08. The first-order valence-corrected chi connectivity index (χ1v) is 9.24. The molecule has 132 valence electrons. The van der Waals surface area contributed by atoms with Gasteiger partial charge in [0.1, 0.15) is 0 Å². The van der Waals surface area contributed by atoms with Crippen molar-refractivity contribution in [1.29, 1.82) is 0 Å². The summed E-state index contributed by atoms with van der Waals surface area (Å²) in [6.45, 7) is 1.71. The smallest absolute Gasteiger partial charge is 0.223 e. The van der Waals surface area contributed by atoms with Crippen molar-refractivity contribution in [3.63, 3.8) is 0 Å². The summed E-state index contributed by atoms with van der Waals surface area (Å²) in [5.41, 5.74) is 2.25. The molecule has 4 heteroatoms. The van der Waals surface area contributed by atoms with Crippen molar-refractivity contribution in [3.8, 4) is 0 Å². The van der Waals surface area contributed by atoms with Gasteiger partial charge in [-0.3, -0.25) is 4.79 Å². The molecule has 1 N–H and O–H groups in total. The van der Waals surface area contributed by atoms with Crippen LogP contribution in [0.1, 0.15) is 36.3 Å². The van der Waals surface area contributed by atoms with E-state index in [0.717, 1.165) is 37.1 Å². The van der Waals surface area contributed by atoms with Crippen LogP contribution >= 0.6 is 11.6 Å². The number of likely N-dealkylation sites (tertiary alicyclic amines) is 1. The molecule has 0 saturated carbocycles. The molecule has 0 spiro atoms. The van der Waals surface area contributed by atoms with Crippen LogP contribution < -0.4 is 0 Å². The van der Waals surface area contributed by atoms with Crippen LogP contribution in [0, 0.1) is 5.92 Å². The summed E-state index contributed by atoms with van der Waals surface area (Å²) in [5.74, 6) is 0.548. The van der Waals surface area contributed by atoms with E-state index in [4.69, 9.17) is 11.6 Å². The maximum atomic E-state index is 12.9. The van der Waals surface area contributed by atoms with Gasteiger partial charge in [-0.15, -0.1) is 0 Å². The SMILES string of the molecule is O=C(C[C@@H](c1ccccc1)c1ccc(Cl)cc1)N1CCC(CO)CC1. The molecule has 25 heavy (non-hydrogen) atoms. The van der Waals surface area contributed by atoms with Crippen molar-refractivity contribution in [3.05, 3.63) is 70.7 Å². The summed E-state index contributed by atoms with van der Waals surface area (Å²) in [6, 6.07) is 17.9. The number of piperidine rings is 1. The summed E-state index contributed by atoms with van der Waals surface area (Å²) in [7, 11) is 0. The number of carbonyl (C=O) groups is 1. The summed E-state index contributed by atoms with van der Waals surface area (Å²) in [5, 5.41) is 9.97. The Morgan fingerprint density at radius 2 is 1.64 bits per heavy atom. The number of aliphatic hydroxyl groups excluding tert-OH is 1. The van der Waals surface area contributed by atoms with E-state index in [1.807, 2.05) is 47.4 Å². The summed E-state index contributed by atoms with van der Waals surface area (Å²) in [6.07, 6.45) is 2.23. The number of nitrogens with zero attached hydrogens (tertiary/aromatic N) is 1. The quantitative estimate of drug-likeness (QED) is 0.875. The Balaban J connectivity index is 1.76. The molecule has 0 radical (unpaired) electrons. The number of rotatable bonds is 5. The molecular weight excluding hydrogens is 334 g/mol. The lowest BCUT2D eigenvalue weighted by Crippen LogP contribution is -2.39. The van der Waals surface area contributed by atoms with Crippen LogP contribution in [-0.4, -0.2) is 35.6 Å². The molecule has 1 aliphatic rings. The van der Waals surface area contributed by atoms with Gasteiger partial charge in [0.25, 0.3) is 0 Å². The fourth-order valence-electron chi connectivity index (χ4n) is 3.48. The van der Waals surface area contributed by atoms with Gasteiger partial charge in [-0.2, -0.15) is 0 Å². The number of hydrogen-bond acceptors (Lipinski definition) is 2. The number of hydrogen-bond donors (Lipinski definition) is 1. The molecule has 3 nitrogen and oxygen atoms in total. The van der Waals surface area contributed by atoms with Crippen LogP contribution in [-0.2, 0) is 4.79 Å². The molecule has 1 atom stereocenters. The fourth-order valence-corrected chi connectivity index (χ4v) is 3.60. The molecule has 3 rings (SSSR count). The minimum absolute atomic E-state index is 0.0292. The van der Waals surface area contributed by atoms with Gasteiger partial charge in [0.2, 0.25) is 5.91 Å². The first kappa shape index (κ1) is 18.0. The van der Waals surface area contributed by atoms with Gasteiger partial charge < -0.3 is 10.0 Å². The Hall–Kier alpha value is -1.84. The van der Waals surface area contributed by atoms with Gasteiger partial charge in [-0.05, 0) is 42.0 Å². The number of carbonyl (C=O) groups excluding carboxylic acids is 1. The van der Waals surface area contributed by atoms with Crippen molar-refractivity contribution in [2.45, 2.75) is 25.2 Å². The van der Waals surface area contributed by atoms with Crippen molar-refractivity contribution in [2.24, 2.45) is 5.92 Å². The van der Waals surface area contributed by atoms with Gasteiger partial charge in [0.05, 0.1) is 0 Å². The number of benzene rings is 2. The highest BCUT2D eigenvalue weighted by molar-refractivity contribution is 6.30. The van der Waals surface area contributed by atoms with E-state index in [2.05, 4.69) is 12.1 Å². The molecule has 0 unspecified atom stereocenters. The van der Waals surface area contributed by atoms with Crippen LogP contribution in [0.4, 0.5) is 0 Å². The first-order chi connectivity index (χ1) is 12.2. The third kappa shape index (κ3) is 4.62. The lowest BCUT2D eigenvalue weighted by Gasteiger charge is -2.32. The highest BCUT2D eigenvalue weighted by Gasteiger charge is 2.25. The topological polar surface area (TPSA) is 40.5 Å². The normalized spacial score (nSPS) is 16.6. The van der Waals surface area contributed by atoms with E-state index < -0.39 is 0 Å². The largest absolute Gasteiger partial charge is 0.396 e. The standard InChI is InChI=1S/C21H24ClNO2/c22-19-8-6-18(7-9-19)20(17-4-2-1-3-5-17)14-21(25)23-12-10-16(15-24)11-13-23/h1-9,16,20,24H,10-15H2/t20-/m0/s1. The van der Waals surface area contributed by atoms with E-state index in [0.29, 0.717) is 17.4 Å². The highest BCUT2D eigenvalue weighted by Crippen LogP contribution is 2.30. The zero-order valence-electron chi connectivity index (χ0n) is 14.3. The Labute approximate surface area is 154 Å². The van der Waals surface area contributed by atoms with E-state index in [1.165, 1.54) is 0 Å². The predicted octanol–water partition coefficient (Wildman–Crippen LogP) is 4.09. The predicted molar refractivity (Wildman–Crippen MR) is 101 cm³/mol. The Kier molecular flexibility index (Phi) is 6.11. The van der Waals surface area contributed by atoms with Crippen LogP contribution in [0.5, 0.6) is 0 Å². The lowest BCUT2D eigenvalue weighted by atomic mass is 9.87. The number of amides is 1. The molecule has 1 amide bonds. The second-order valence-corrected chi connectivity index (χ2v) is 7.16. The Morgan fingerprint density at radius 3 is 2.24 bits per heavy atom. The molecular formula is C21H24ClNO2. The third-order valence-corrected chi connectivity index (χ3v) is 5.33. The number of aliphatic hydroxyl groups is 1. The summed E-state index contributed by atoms with van der Waals surface area (Å²) >= 11 is 6.02. The zero-order valence-corrected chi connectivity index (χ0v) is 15.0. The van der Waals surface area contributed by atoms with E-state index in [9.17, 15) is 9.90 Å². The van der Waals surface area contributed by atoms with Crippen LogP contribution in [0.2, 0.25) is 5.02 Å². The Morgan fingerprint density at radius 1 is 1.04 bits per heavy atom. The first-order valence-electron chi connectivity index (χ1n) is 8.86. The van der Waals surface area contributed by atoms with Crippen LogP contribution in [0.25, 0.3) is 0 Å². The molecule has 2 aromatic rings. The average Bonchev–Trinajstić information content (AvgIpc) is 2.67. The van der Waals surface area contributed by atoms with Crippen molar-refractivity contribution in [1.82, 2.24) is 4.90 Å². The maximum Gasteiger partial charge on any atom is 0.223 e. The minimum atomic E-state index is 0.0292. The molecule has 0 bridgehead atoms. The van der Waals surface area contributed by atoms with Gasteiger partial charge in [0.15, 0.2) is 0 Å². The minimum Gasteiger partial charge on any atom is -0.396 e. The van der Waals surface area contributed by atoms with E-state index >= 15 is 0 Å².